The van der Waals surface area contributed by atoms with E-state index in [9.17, 15) is 14.7 Å². The molecule has 0 saturated carbocycles. The summed E-state index contributed by atoms with van der Waals surface area (Å²) in [5.41, 5.74) is 2.02. The molecule has 0 saturated heterocycles. The van der Waals surface area contributed by atoms with Crippen LogP contribution in [0.2, 0.25) is 0 Å². The number of Topliss-reactive ketones (excluding diaryl/α,β-unsaturated/α-hetero) is 1. The van der Waals surface area contributed by atoms with Crippen molar-refractivity contribution in [2.45, 2.75) is 64.1 Å². The average molecular weight is 608 g/mol. The van der Waals surface area contributed by atoms with Crippen LogP contribution in [0.15, 0.2) is 17.7 Å². The zero-order valence-electron chi connectivity index (χ0n) is 23.9. The van der Waals surface area contributed by atoms with Crippen molar-refractivity contribution in [2.24, 2.45) is 0 Å². The van der Waals surface area contributed by atoms with Gasteiger partial charge in [-0.25, -0.2) is 8.78 Å². The highest BCUT2D eigenvalue weighted by molar-refractivity contribution is 6.02. The van der Waals surface area contributed by atoms with Gasteiger partial charge in [-0.3, -0.25) is 14.5 Å². The smallest absolute Gasteiger partial charge is 0.303 e. The molecular formula is C30H35F2NO10. The van der Waals surface area contributed by atoms with Gasteiger partial charge in [0.25, 0.3) is 0 Å². The molecule has 0 amide bonds. The molecule has 1 aliphatic heterocycles. The maximum atomic E-state index is 15.4. The number of carbonyl (C=O) groups excluding carboxylic acids is 1. The first-order valence-corrected chi connectivity index (χ1v) is 13.8. The van der Waals surface area contributed by atoms with Gasteiger partial charge in [-0.15, -0.1) is 0 Å². The minimum atomic E-state index is -1.60. The Kier molecular flexibility index (Phi) is 10.6. The number of ketones is 1. The number of aliphatic carboxylic acids is 1. The molecule has 1 heterocycles. The summed E-state index contributed by atoms with van der Waals surface area (Å²) in [6, 6.07) is 3.21. The van der Waals surface area contributed by atoms with E-state index in [1.54, 1.807) is 17.0 Å². The van der Waals surface area contributed by atoms with E-state index in [1.807, 2.05) is 0 Å². The summed E-state index contributed by atoms with van der Waals surface area (Å²) in [5, 5.41) is 37.2. The number of carbonyl (C=O) groups is 2. The van der Waals surface area contributed by atoms with Crippen LogP contribution in [0.3, 0.4) is 0 Å². The van der Waals surface area contributed by atoms with Gasteiger partial charge >= 0.3 is 5.97 Å². The second-order valence-electron chi connectivity index (χ2n) is 10.3. The average Bonchev–Trinajstić information content (AvgIpc) is 3.61. The number of rotatable bonds is 16. The third-order valence-electron chi connectivity index (χ3n) is 7.37. The van der Waals surface area contributed by atoms with Gasteiger partial charge in [-0.2, -0.15) is 0 Å². The molecule has 0 radical (unpaired) electrons. The van der Waals surface area contributed by atoms with Crippen molar-refractivity contribution < 1.29 is 57.7 Å². The van der Waals surface area contributed by atoms with Gasteiger partial charge in [0.2, 0.25) is 0 Å². The number of benzene rings is 2. The standard InChI is InChI=1S/C30H35F2NO10/c1-40-22-12-16-10-17(21(34)4-6-25(36)37)11-19(16)27(31)29(22)42-8-3-9-43-30-23(41-2)13-18-14-33(15-20(18)28(30)32)24(35)5-7-26(38)39/h11-13,24-25,35-37H,3-10,14-15H2,1-2H3,(H,38,39). The Labute approximate surface area is 246 Å². The summed E-state index contributed by atoms with van der Waals surface area (Å²) in [6.45, 7) is 0.297. The van der Waals surface area contributed by atoms with Crippen molar-refractivity contribution >= 4 is 17.8 Å². The summed E-state index contributed by atoms with van der Waals surface area (Å²) in [6.07, 6.45) is -1.20. The molecule has 4 N–H and O–H groups in total. The van der Waals surface area contributed by atoms with Crippen molar-refractivity contribution in [1.29, 1.82) is 0 Å². The molecular weight excluding hydrogens is 572 g/mol. The highest BCUT2D eigenvalue weighted by Gasteiger charge is 2.31. The maximum Gasteiger partial charge on any atom is 0.303 e. The first-order valence-electron chi connectivity index (χ1n) is 13.8. The van der Waals surface area contributed by atoms with Crippen molar-refractivity contribution in [3.63, 3.8) is 0 Å². The fourth-order valence-corrected chi connectivity index (χ4v) is 5.12. The number of nitrogens with zero attached hydrogens (tertiary/aromatic N) is 1. The highest BCUT2D eigenvalue weighted by atomic mass is 19.1. The van der Waals surface area contributed by atoms with Crippen LogP contribution in [0.1, 0.15) is 54.4 Å². The number of hydrogen-bond acceptors (Lipinski definition) is 10. The topological polar surface area (TPSA) is 155 Å². The van der Waals surface area contributed by atoms with Gasteiger partial charge in [-0.05, 0) is 35.8 Å². The molecule has 2 aromatic carbocycles. The lowest BCUT2D eigenvalue weighted by Crippen LogP contribution is -2.30. The van der Waals surface area contributed by atoms with Crippen molar-refractivity contribution in [3.05, 3.63) is 51.6 Å². The lowest BCUT2D eigenvalue weighted by Gasteiger charge is -2.21. The zero-order valence-corrected chi connectivity index (χ0v) is 23.9. The molecule has 2 aromatic rings. The molecule has 0 fully saturated rings. The molecule has 1 atom stereocenters. The largest absolute Gasteiger partial charge is 0.493 e. The third-order valence-corrected chi connectivity index (χ3v) is 7.37. The van der Waals surface area contributed by atoms with Crippen molar-refractivity contribution in [2.75, 3.05) is 27.4 Å². The van der Waals surface area contributed by atoms with E-state index in [4.69, 9.17) is 34.3 Å². The Morgan fingerprint density at radius 1 is 0.907 bits per heavy atom. The molecule has 4 rings (SSSR count). The number of aliphatic hydroxyl groups is 3. The zero-order chi connectivity index (χ0) is 31.3. The lowest BCUT2D eigenvalue weighted by atomic mass is 10.0. The molecule has 2 aliphatic rings. The van der Waals surface area contributed by atoms with E-state index in [2.05, 4.69) is 0 Å². The number of carboxylic acids is 1. The summed E-state index contributed by atoms with van der Waals surface area (Å²) in [4.78, 5) is 24.8. The van der Waals surface area contributed by atoms with Crippen LogP contribution >= 0.6 is 0 Å². The second kappa shape index (κ2) is 14.1. The molecule has 1 aliphatic carbocycles. The predicted molar refractivity (Wildman–Crippen MR) is 148 cm³/mol. The summed E-state index contributed by atoms with van der Waals surface area (Å²) in [5.74, 6) is -2.61. The lowest BCUT2D eigenvalue weighted by molar-refractivity contribution is -0.138. The molecule has 43 heavy (non-hydrogen) atoms. The fourth-order valence-electron chi connectivity index (χ4n) is 5.12. The van der Waals surface area contributed by atoms with Gasteiger partial charge in [-0.1, -0.05) is 0 Å². The van der Waals surface area contributed by atoms with E-state index >= 15 is 8.78 Å². The number of hydrogen-bond donors (Lipinski definition) is 4. The van der Waals surface area contributed by atoms with Gasteiger partial charge in [0.1, 0.15) is 6.23 Å². The van der Waals surface area contributed by atoms with E-state index in [0.717, 1.165) is 0 Å². The minimum absolute atomic E-state index is 0.00114. The number of carboxylic acid groups (broad SMARTS) is 1. The Balaban J connectivity index is 1.37. The van der Waals surface area contributed by atoms with Gasteiger partial charge < -0.3 is 39.4 Å². The van der Waals surface area contributed by atoms with E-state index in [-0.39, 0.29) is 99.2 Å². The Hall–Kier alpha value is -3.78. The van der Waals surface area contributed by atoms with E-state index < -0.39 is 30.1 Å². The van der Waals surface area contributed by atoms with Crippen LogP contribution in [0.5, 0.6) is 23.0 Å². The quantitative estimate of drug-likeness (QED) is 0.164. The normalized spacial score (nSPS) is 14.7. The van der Waals surface area contributed by atoms with Gasteiger partial charge in [0.05, 0.1) is 27.4 Å². The van der Waals surface area contributed by atoms with Crippen LogP contribution in [0, 0.1) is 11.6 Å². The van der Waals surface area contributed by atoms with Crippen molar-refractivity contribution in [1.82, 2.24) is 4.90 Å². The number of halogens is 2. The summed E-state index contributed by atoms with van der Waals surface area (Å²) in [7, 11) is 2.74. The van der Waals surface area contributed by atoms with Crippen molar-refractivity contribution in [3.8, 4) is 23.0 Å². The van der Waals surface area contributed by atoms with Gasteiger partial charge in [0.15, 0.2) is 46.7 Å². The number of allylic oxidation sites excluding steroid dienone is 1. The van der Waals surface area contributed by atoms with Crippen LogP contribution in [-0.4, -0.2) is 77.0 Å². The van der Waals surface area contributed by atoms with E-state index in [1.165, 1.54) is 20.3 Å². The molecule has 13 heteroatoms. The Morgan fingerprint density at radius 3 is 2.14 bits per heavy atom. The fraction of sp³-hybridized carbons (Fsp3) is 0.467. The molecule has 0 aromatic heterocycles. The molecule has 1 unspecified atom stereocenters. The molecule has 0 bridgehead atoms. The van der Waals surface area contributed by atoms with Crippen LogP contribution in [0.4, 0.5) is 8.78 Å². The molecule has 234 valence electrons. The first-order chi connectivity index (χ1) is 20.5. The van der Waals surface area contributed by atoms with Gasteiger partial charge in [0, 0.05) is 61.9 Å². The predicted octanol–water partition coefficient (Wildman–Crippen LogP) is 2.93. The SMILES string of the molecule is COc1cc2c(c(F)c1OCCCOc1c(OC)cc3c(c1F)CN(C(O)CCC(=O)O)C3)C=C(C(=O)CCC(O)O)C2. The summed E-state index contributed by atoms with van der Waals surface area (Å²) >= 11 is 0. The first kappa shape index (κ1) is 32.1. The minimum Gasteiger partial charge on any atom is -0.493 e. The number of fused-ring (bicyclic) bond motifs is 2. The highest BCUT2D eigenvalue weighted by Crippen LogP contribution is 2.41. The Morgan fingerprint density at radius 2 is 1.53 bits per heavy atom. The monoisotopic (exact) mass is 607 g/mol. The number of ether oxygens (including phenoxy) is 4. The number of methoxy groups -OCH3 is 2. The van der Waals surface area contributed by atoms with Crippen LogP contribution in [0.25, 0.3) is 6.08 Å². The van der Waals surface area contributed by atoms with Crippen LogP contribution < -0.4 is 18.9 Å². The summed E-state index contributed by atoms with van der Waals surface area (Å²) < 4.78 is 52.8. The maximum absolute atomic E-state index is 15.4. The van der Waals surface area contributed by atoms with Crippen LogP contribution in [-0.2, 0) is 29.1 Å². The number of aliphatic hydroxyl groups excluding tert-OH is 2. The molecule has 11 nitrogen and oxygen atoms in total. The Bertz CT molecular complexity index is 1390. The second-order valence-corrected chi connectivity index (χ2v) is 10.3. The molecule has 0 spiro atoms. The third kappa shape index (κ3) is 7.42. The van der Waals surface area contributed by atoms with E-state index in [0.29, 0.717) is 22.3 Å².